The second kappa shape index (κ2) is 6.65. The lowest BCUT2D eigenvalue weighted by Crippen LogP contribution is -2.40. The van der Waals surface area contributed by atoms with Crippen LogP contribution in [0.2, 0.25) is 0 Å². The number of thioether (sulfide) groups is 1. The molecule has 0 spiro atoms. The zero-order valence-corrected chi connectivity index (χ0v) is 16.5. The number of fused-ring (bicyclic) bond motifs is 4. The molecule has 1 aliphatic rings. The van der Waals surface area contributed by atoms with E-state index in [0.29, 0.717) is 0 Å². The van der Waals surface area contributed by atoms with Gasteiger partial charge in [0.2, 0.25) is 10.9 Å². The molecule has 0 saturated carbocycles. The van der Waals surface area contributed by atoms with E-state index < -0.39 is 0 Å². The minimum Gasteiger partial charge on any atom is -0.311 e. The third-order valence-electron chi connectivity index (χ3n) is 4.92. The molecule has 27 heavy (non-hydrogen) atoms. The molecule has 0 saturated heterocycles. The molecule has 1 unspecified atom stereocenters. The maximum absolute atomic E-state index is 13.2. The maximum atomic E-state index is 13.2. The van der Waals surface area contributed by atoms with Gasteiger partial charge in [-0.1, -0.05) is 53.4 Å². The summed E-state index contributed by atoms with van der Waals surface area (Å²) in [6.07, 6.45) is 2.04. The summed E-state index contributed by atoms with van der Waals surface area (Å²) in [5, 5.41) is 9.17. The molecule has 0 bridgehead atoms. The number of carbonyl (C=O) groups is 1. The molecule has 2 aromatic heterocycles. The molecule has 136 valence electrons. The van der Waals surface area contributed by atoms with E-state index in [1.54, 1.807) is 11.3 Å². The number of anilines is 1. The molecular weight excluding hydrogens is 376 g/mol. The van der Waals surface area contributed by atoms with Gasteiger partial charge in [-0.05, 0) is 43.5 Å². The van der Waals surface area contributed by atoms with E-state index in [4.69, 9.17) is 0 Å². The molecular formula is C20H18N4OS2. The van der Waals surface area contributed by atoms with E-state index >= 15 is 0 Å². The lowest BCUT2D eigenvalue weighted by Gasteiger charge is -2.31. The summed E-state index contributed by atoms with van der Waals surface area (Å²) in [4.78, 5) is 16.0. The molecule has 2 aromatic carbocycles. The third-order valence-corrected chi connectivity index (χ3v) is 6.96. The highest BCUT2D eigenvalue weighted by atomic mass is 32.2. The first-order valence-electron chi connectivity index (χ1n) is 9.01. The fourth-order valence-electron chi connectivity index (χ4n) is 3.62. The van der Waals surface area contributed by atoms with Gasteiger partial charge < -0.3 is 4.90 Å². The number of aryl methyl sites for hydroxylation is 1. The Morgan fingerprint density at radius 1 is 1.15 bits per heavy atom. The summed E-state index contributed by atoms with van der Waals surface area (Å²) in [7, 11) is 0. The normalized spacial score (nSPS) is 15.2. The zero-order chi connectivity index (χ0) is 18.4. The number of nitrogens with zero attached hydrogens (tertiary/aromatic N) is 4. The molecule has 1 atom stereocenters. The van der Waals surface area contributed by atoms with E-state index in [0.717, 1.165) is 40.7 Å². The van der Waals surface area contributed by atoms with Crippen molar-refractivity contribution in [2.24, 2.45) is 0 Å². The summed E-state index contributed by atoms with van der Waals surface area (Å²) < 4.78 is 3.23. The number of benzene rings is 2. The number of hydrogen-bond donors (Lipinski definition) is 0. The van der Waals surface area contributed by atoms with Gasteiger partial charge in [-0.2, -0.15) is 0 Å². The Morgan fingerprint density at radius 3 is 2.89 bits per heavy atom. The number of amides is 1. The second-order valence-corrected chi connectivity index (χ2v) is 8.97. The van der Waals surface area contributed by atoms with E-state index in [-0.39, 0.29) is 11.2 Å². The van der Waals surface area contributed by atoms with E-state index in [1.807, 2.05) is 42.2 Å². The first-order chi connectivity index (χ1) is 13.2. The first-order valence-corrected chi connectivity index (χ1v) is 10.7. The Morgan fingerprint density at radius 2 is 1.96 bits per heavy atom. The van der Waals surface area contributed by atoms with Gasteiger partial charge in [0.15, 0.2) is 5.16 Å². The largest absolute Gasteiger partial charge is 0.311 e. The smallest absolute Gasteiger partial charge is 0.240 e. The lowest BCUT2D eigenvalue weighted by atomic mass is 10.0. The van der Waals surface area contributed by atoms with Crippen LogP contribution < -0.4 is 4.90 Å². The Hall–Kier alpha value is -2.38. The summed E-state index contributed by atoms with van der Waals surface area (Å²) in [6.45, 7) is 2.73. The SMILES string of the molecule is CC(Sc1nnc2sc3ccccc3n12)C(=O)N1CCCc2ccccc21. The number of para-hydroxylation sites is 2. The topological polar surface area (TPSA) is 50.5 Å². The van der Waals surface area contributed by atoms with Crippen LogP contribution >= 0.6 is 23.1 Å². The monoisotopic (exact) mass is 394 g/mol. The lowest BCUT2D eigenvalue weighted by molar-refractivity contribution is -0.117. The van der Waals surface area contributed by atoms with Crippen molar-refractivity contribution >= 4 is 49.9 Å². The molecule has 7 heteroatoms. The van der Waals surface area contributed by atoms with Crippen LogP contribution in [0.3, 0.4) is 0 Å². The molecule has 0 aliphatic carbocycles. The van der Waals surface area contributed by atoms with Crippen LogP contribution in [0.5, 0.6) is 0 Å². The molecule has 3 heterocycles. The van der Waals surface area contributed by atoms with Crippen molar-refractivity contribution in [2.75, 3.05) is 11.4 Å². The number of carbonyl (C=O) groups excluding carboxylic acids is 1. The van der Waals surface area contributed by atoms with Crippen molar-refractivity contribution in [2.45, 2.75) is 30.2 Å². The Kier molecular flexibility index (Phi) is 4.13. The van der Waals surface area contributed by atoms with Crippen molar-refractivity contribution < 1.29 is 4.79 Å². The average Bonchev–Trinajstić information content (AvgIpc) is 3.26. The molecule has 0 radical (unpaired) electrons. The standard InChI is InChI=1S/C20H18N4OS2/c1-13(18(25)23-12-6-8-14-7-2-3-9-15(14)23)26-19-21-22-20-24(19)16-10-4-5-11-17(16)27-20/h2-5,7,9-11,13H,6,8,12H2,1H3. The average molecular weight is 395 g/mol. The molecule has 0 N–H and O–H groups in total. The minimum absolute atomic E-state index is 0.128. The van der Waals surface area contributed by atoms with Gasteiger partial charge >= 0.3 is 0 Å². The van der Waals surface area contributed by atoms with Gasteiger partial charge in [-0.25, -0.2) is 0 Å². The molecule has 4 aromatic rings. The quantitative estimate of drug-likeness (QED) is 0.483. The number of hydrogen-bond acceptors (Lipinski definition) is 5. The van der Waals surface area contributed by atoms with Gasteiger partial charge in [0.25, 0.3) is 0 Å². The van der Waals surface area contributed by atoms with Gasteiger partial charge in [0, 0.05) is 12.2 Å². The van der Waals surface area contributed by atoms with Crippen LogP contribution in [0, 0.1) is 0 Å². The second-order valence-electron chi connectivity index (χ2n) is 6.65. The maximum Gasteiger partial charge on any atom is 0.240 e. The van der Waals surface area contributed by atoms with Crippen molar-refractivity contribution in [3.05, 3.63) is 54.1 Å². The Bertz CT molecular complexity index is 1150. The van der Waals surface area contributed by atoms with Crippen LogP contribution in [-0.2, 0) is 11.2 Å². The highest BCUT2D eigenvalue weighted by molar-refractivity contribution is 8.00. The Labute approximate surface area is 165 Å². The summed E-state index contributed by atoms with van der Waals surface area (Å²) in [5.41, 5.74) is 3.39. The number of rotatable bonds is 3. The number of aromatic nitrogens is 3. The van der Waals surface area contributed by atoms with Crippen molar-refractivity contribution in [1.29, 1.82) is 0 Å². The number of thiazole rings is 1. The molecule has 1 aliphatic heterocycles. The van der Waals surface area contributed by atoms with Gasteiger partial charge in [-0.3, -0.25) is 9.20 Å². The predicted molar refractivity (Wildman–Crippen MR) is 111 cm³/mol. The highest BCUT2D eigenvalue weighted by Gasteiger charge is 2.28. The van der Waals surface area contributed by atoms with Crippen molar-refractivity contribution in [3.63, 3.8) is 0 Å². The van der Waals surface area contributed by atoms with Gasteiger partial charge in [0.1, 0.15) is 0 Å². The van der Waals surface area contributed by atoms with Gasteiger partial charge in [-0.15, -0.1) is 10.2 Å². The van der Waals surface area contributed by atoms with E-state index in [9.17, 15) is 4.79 Å². The summed E-state index contributed by atoms with van der Waals surface area (Å²) in [6, 6.07) is 16.4. The zero-order valence-electron chi connectivity index (χ0n) is 14.8. The summed E-state index contributed by atoms with van der Waals surface area (Å²) in [5.74, 6) is 0.128. The van der Waals surface area contributed by atoms with E-state index in [1.165, 1.54) is 22.0 Å². The summed E-state index contributed by atoms with van der Waals surface area (Å²) >= 11 is 3.10. The van der Waals surface area contributed by atoms with Crippen molar-refractivity contribution in [1.82, 2.24) is 14.6 Å². The molecule has 5 rings (SSSR count). The fraction of sp³-hybridized carbons (Fsp3) is 0.250. The minimum atomic E-state index is -0.234. The molecule has 0 fully saturated rings. The highest BCUT2D eigenvalue weighted by Crippen LogP contribution is 2.33. The van der Waals surface area contributed by atoms with Crippen LogP contribution in [0.25, 0.3) is 15.2 Å². The van der Waals surface area contributed by atoms with Crippen LogP contribution in [0.15, 0.2) is 53.7 Å². The molecule has 5 nitrogen and oxygen atoms in total. The van der Waals surface area contributed by atoms with Crippen LogP contribution in [0.1, 0.15) is 18.9 Å². The van der Waals surface area contributed by atoms with Crippen molar-refractivity contribution in [3.8, 4) is 0 Å². The van der Waals surface area contributed by atoms with Crippen LogP contribution in [0.4, 0.5) is 5.69 Å². The molecule has 1 amide bonds. The predicted octanol–water partition coefficient (Wildman–Crippen LogP) is 4.40. The third kappa shape index (κ3) is 2.82. The van der Waals surface area contributed by atoms with Gasteiger partial charge in [0.05, 0.1) is 15.5 Å². The fourth-order valence-corrected chi connectivity index (χ4v) is 5.57. The Balaban J connectivity index is 1.45. The van der Waals surface area contributed by atoms with Crippen LogP contribution in [-0.4, -0.2) is 32.3 Å². The first kappa shape index (κ1) is 16.8. The van der Waals surface area contributed by atoms with E-state index in [2.05, 4.69) is 32.8 Å².